The van der Waals surface area contributed by atoms with Gasteiger partial charge in [0.2, 0.25) is 0 Å². The molecule has 104 valence electrons. The predicted molar refractivity (Wildman–Crippen MR) is 79.9 cm³/mol. The summed E-state index contributed by atoms with van der Waals surface area (Å²) < 4.78 is 6.39. The zero-order valence-corrected chi connectivity index (χ0v) is 12.4. The van der Waals surface area contributed by atoms with E-state index in [0.29, 0.717) is 22.5 Å². The molecule has 0 saturated heterocycles. The first-order chi connectivity index (χ1) is 9.51. The lowest BCUT2D eigenvalue weighted by atomic mass is 10.1. The number of aryl methyl sites for hydroxylation is 1. The number of benzene rings is 2. The van der Waals surface area contributed by atoms with Gasteiger partial charge in [0.05, 0.1) is 15.5 Å². The summed E-state index contributed by atoms with van der Waals surface area (Å²) in [6.07, 6.45) is 0. The standard InChI is InChI=1S/C14H13BrN2O3/c1-9-2-5-13(10(6-9)8-16)20-14-7-11(17(18)19)3-4-12(14)15/h2-7H,8,16H2,1H3. The van der Waals surface area contributed by atoms with Crippen molar-refractivity contribution in [3.63, 3.8) is 0 Å². The third-order valence-corrected chi connectivity index (χ3v) is 3.44. The largest absolute Gasteiger partial charge is 0.456 e. The molecule has 0 spiro atoms. The molecule has 0 radical (unpaired) electrons. The number of hydrogen-bond donors (Lipinski definition) is 1. The van der Waals surface area contributed by atoms with E-state index in [-0.39, 0.29) is 5.69 Å². The molecule has 0 heterocycles. The number of hydrogen-bond acceptors (Lipinski definition) is 4. The molecule has 6 heteroatoms. The fourth-order valence-electron chi connectivity index (χ4n) is 1.77. The molecule has 2 rings (SSSR count). The Morgan fingerprint density at radius 2 is 2.00 bits per heavy atom. The summed E-state index contributed by atoms with van der Waals surface area (Å²) in [4.78, 5) is 10.3. The van der Waals surface area contributed by atoms with Crippen LogP contribution in [0.5, 0.6) is 11.5 Å². The second-order valence-corrected chi connectivity index (χ2v) is 5.14. The van der Waals surface area contributed by atoms with Crippen LogP contribution in [0.3, 0.4) is 0 Å². The summed E-state index contributed by atoms with van der Waals surface area (Å²) in [5.74, 6) is 0.983. The maximum atomic E-state index is 10.8. The number of ether oxygens (including phenoxy) is 1. The predicted octanol–water partition coefficient (Wildman–Crippen LogP) is 3.92. The van der Waals surface area contributed by atoms with Gasteiger partial charge in [0.15, 0.2) is 0 Å². The molecule has 0 aromatic heterocycles. The molecule has 2 aromatic rings. The Hall–Kier alpha value is -1.92. The van der Waals surface area contributed by atoms with E-state index < -0.39 is 4.92 Å². The summed E-state index contributed by atoms with van der Waals surface area (Å²) in [5.41, 5.74) is 7.60. The molecule has 0 unspecified atom stereocenters. The summed E-state index contributed by atoms with van der Waals surface area (Å²) in [5, 5.41) is 10.8. The van der Waals surface area contributed by atoms with Crippen molar-refractivity contribution in [3.05, 3.63) is 62.1 Å². The Bertz CT molecular complexity index is 659. The highest BCUT2D eigenvalue weighted by Crippen LogP contribution is 2.34. The van der Waals surface area contributed by atoms with Gasteiger partial charge in [-0.05, 0) is 35.0 Å². The molecule has 2 N–H and O–H groups in total. The van der Waals surface area contributed by atoms with E-state index in [1.54, 1.807) is 6.07 Å². The first-order valence-electron chi connectivity index (χ1n) is 5.92. The molecule has 0 atom stereocenters. The molecule has 5 nitrogen and oxygen atoms in total. The molecule has 20 heavy (non-hydrogen) atoms. The van der Waals surface area contributed by atoms with Gasteiger partial charge < -0.3 is 10.5 Å². The van der Waals surface area contributed by atoms with Crippen molar-refractivity contribution in [1.29, 1.82) is 0 Å². The Labute approximate surface area is 124 Å². The molecule has 0 fully saturated rings. The van der Waals surface area contributed by atoms with Gasteiger partial charge >= 0.3 is 0 Å². The van der Waals surface area contributed by atoms with Crippen LogP contribution >= 0.6 is 15.9 Å². The average molecular weight is 337 g/mol. The molecule has 0 aliphatic rings. The first-order valence-corrected chi connectivity index (χ1v) is 6.72. The van der Waals surface area contributed by atoms with E-state index in [2.05, 4.69) is 15.9 Å². The van der Waals surface area contributed by atoms with Crippen LogP contribution in [0.4, 0.5) is 5.69 Å². The van der Waals surface area contributed by atoms with Crippen LogP contribution in [-0.2, 0) is 6.54 Å². The molecule has 0 bridgehead atoms. The first kappa shape index (κ1) is 14.5. The SMILES string of the molecule is Cc1ccc(Oc2cc([N+](=O)[O-])ccc2Br)c(CN)c1. The van der Waals surface area contributed by atoms with Crippen LogP contribution in [0.2, 0.25) is 0 Å². The zero-order valence-electron chi connectivity index (χ0n) is 10.8. The van der Waals surface area contributed by atoms with Crippen LogP contribution in [0.1, 0.15) is 11.1 Å². The minimum Gasteiger partial charge on any atom is -0.456 e. The van der Waals surface area contributed by atoms with Gasteiger partial charge in [0.25, 0.3) is 5.69 Å². The second-order valence-electron chi connectivity index (χ2n) is 4.29. The quantitative estimate of drug-likeness (QED) is 0.677. The van der Waals surface area contributed by atoms with Crippen molar-refractivity contribution in [2.45, 2.75) is 13.5 Å². The zero-order chi connectivity index (χ0) is 14.7. The highest BCUT2D eigenvalue weighted by molar-refractivity contribution is 9.10. The number of nitrogens with zero attached hydrogens (tertiary/aromatic N) is 1. The lowest BCUT2D eigenvalue weighted by Gasteiger charge is -2.12. The number of non-ortho nitro benzene ring substituents is 1. The van der Waals surface area contributed by atoms with E-state index in [1.165, 1.54) is 12.1 Å². The van der Waals surface area contributed by atoms with E-state index in [9.17, 15) is 10.1 Å². The lowest BCUT2D eigenvalue weighted by molar-refractivity contribution is -0.384. The van der Waals surface area contributed by atoms with Gasteiger partial charge in [-0.3, -0.25) is 10.1 Å². The van der Waals surface area contributed by atoms with E-state index in [4.69, 9.17) is 10.5 Å². The third-order valence-electron chi connectivity index (χ3n) is 2.78. The fourth-order valence-corrected chi connectivity index (χ4v) is 2.10. The van der Waals surface area contributed by atoms with E-state index >= 15 is 0 Å². The van der Waals surface area contributed by atoms with Gasteiger partial charge in [-0.2, -0.15) is 0 Å². The molecule has 0 aliphatic heterocycles. The van der Waals surface area contributed by atoms with Crippen molar-refractivity contribution >= 4 is 21.6 Å². The van der Waals surface area contributed by atoms with Crippen LogP contribution < -0.4 is 10.5 Å². The second kappa shape index (κ2) is 6.02. The van der Waals surface area contributed by atoms with Gasteiger partial charge in [0, 0.05) is 18.2 Å². The Kier molecular flexibility index (Phi) is 4.36. The summed E-state index contributed by atoms with van der Waals surface area (Å²) >= 11 is 3.32. The number of nitro benzene ring substituents is 1. The summed E-state index contributed by atoms with van der Waals surface area (Å²) in [7, 11) is 0. The van der Waals surface area contributed by atoms with Crippen LogP contribution in [0.25, 0.3) is 0 Å². The molecular formula is C14H13BrN2O3. The van der Waals surface area contributed by atoms with Gasteiger partial charge in [-0.1, -0.05) is 17.7 Å². The van der Waals surface area contributed by atoms with Gasteiger partial charge in [-0.15, -0.1) is 0 Å². The average Bonchev–Trinajstić information content (AvgIpc) is 2.42. The van der Waals surface area contributed by atoms with E-state index in [1.807, 2.05) is 25.1 Å². The van der Waals surface area contributed by atoms with Gasteiger partial charge in [0.1, 0.15) is 11.5 Å². The number of nitro groups is 1. The lowest BCUT2D eigenvalue weighted by Crippen LogP contribution is -2.00. The van der Waals surface area contributed by atoms with Crippen molar-refractivity contribution < 1.29 is 9.66 Å². The smallest absolute Gasteiger partial charge is 0.273 e. The Balaban J connectivity index is 2.39. The topological polar surface area (TPSA) is 78.4 Å². The van der Waals surface area contributed by atoms with Crippen LogP contribution in [0, 0.1) is 17.0 Å². The number of rotatable bonds is 4. The van der Waals surface area contributed by atoms with Crippen molar-refractivity contribution in [1.82, 2.24) is 0 Å². The van der Waals surface area contributed by atoms with Gasteiger partial charge in [-0.25, -0.2) is 0 Å². The highest BCUT2D eigenvalue weighted by atomic mass is 79.9. The fraction of sp³-hybridized carbons (Fsp3) is 0.143. The third kappa shape index (κ3) is 3.15. The Morgan fingerprint density at radius 1 is 1.25 bits per heavy atom. The minimum absolute atomic E-state index is 0.0235. The Morgan fingerprint density at radius 3 is 2.65 bits per heavy atom. The summed E-state index contributed by atoms with van der Waals surface area (Å²) in [6.45, 7) is 2.30. The van der Waals surface area contributed by atoms with Crippen LogP contribution in [-0.4, -0.2) is 4.92 Å². The molecule has 0 amide bonds. The molecule has 0 saturated carbocycles. The minimum atomic E-state index is -0.460. The number of nitrogens with two attached hydrogens (primary N) is 1. The summed E-state index contributed by atoms with van der Waals surface area (Å²) in [6, 6.07) is 10.0. The monoisotopic (exact) mass is 336 g/mol. The van der Waals surface area contributed by atoms with E-state index in [0.717, 1.165) is 11.1 Å². The van der Waals surface area contributed by atoms with Crippen LogP contribution in [0.15, 0.2) is 40.9 Å². The molecular weight excluding hydrogens is 324 g/mol. The van der Waals surface area contributed by atoms with Crippen molar-refractivity contribution in [3.8, 4) is 11.5 Å². The molecule has 0 aliphatic carbocycles. The maximum absolute atomic E-state index is 10.8. The number of halogens is 1. The van der Waals surface area contributed by atoms with Crippen molar-refractivity contribution in [2.24, 2.45) is 5.73 Å². The maximum Gasteiger partial charge on any atom is 0.273 e. The molecule has 2 aromatic carbocycles. The van der Waals surface area contributed by atoms with Crippen molar-refractivity contribution in [2.75, 3.05) is 0 Å². The normalized spacial score (nSPS) is 10.3. The highest BCUT2D eigenvalue weighted by Gasteiger charge is 2.12.